The highest BCUT2D eigenvalue weighted by Gasteiger charge is 2.28. The summed E-state index contributed by atoms with van der Waals surface area (Å²) in [6.07, 6.45) is 3.09. The standard InChI is InChI=1S/C22H31N3O2S/c1-21(2,3)14-22(4,5)24-20-23-19(27)17(28-20)13-18(26)25-12-8-10-15-9-6-7-11-16(15)25/h6-7,9,11,27H,8,10,12-14H2,1-5H3,(H,23,24). The first-order valence-electron chi connectivity index (χ1n) is 9.89. The summed E-state index contributed by atoms with van der Waals surface area (Å²) in [7, 11) is 0. The third kappa shape index (κ3) is 5.04. The minimum atomic E-state index is -0.157. The molecule has 1 aromatic heterocycles. The van der Waals surface area contributed by atoms with E-state index in [9.17, 15) is 9.90 Å². The zero-order valence-corrected chi connectivity index (χ0v) is 18.3. The van der Waals surface area contributed by atoms with Crippen molar-refractivity contribution in [2.45, 2.75) is 65.8 Å². The van der Waals surface area contributed by atoms with Crippen molar-refractivity contribution in [3.8, 4) is 5.88 Å². The molecule has 0 spiro atoms. The lowest BCUT2D eigenvalue weighted by Crippen LogP contribution is -2.36. The van der Waals surface area contributed by atoms with E-state index in [1.165, 1.54) is 16.9 Å². The Morgan fingerprint density at radius 1 is 1.25 bits per heavy atom. The quantitative estimate of drug-likeness (QED) is 0.740. The maximum absolute atomic E-state index is 12.9. The Morgan fingerprint density at radius 2 is 1.96 bits per heavy atom. The minimum Gasteiger partial charge on any atom is -0.492 e. The largest absolute Gasteiger partial charge is 0.492 e. The van der Waals surface area contributed by atoms with Gasteiger partial charge in [-0.15, -0.1) is 0 Å². The van der Waals surface area contributed by atoms with Crippen LogP contribution in [0.1, 0.15) is 57.9 Å². The highest BCUT2D eigenvalue weighted by Crippen LogP contribution is 2.35. The fourth-order valence-corrected chi connectivity index (χ4v) is 5.22. The van der Waals surface area contributed by atoms with Gasteiger partial charge in [0.1, 0.15) is 0 Å². The van der Waals surface area contributed by atoms with Crippen LogP contribution in [0.25, 0.3) is 0 Å². The van der Waals surface area contributed by atoms with Crippen LogP contribution in [0.2, 0.25) is 0 Å². The summed E-state index contributed by atoms with van der Waals surface area (Å²) in [5.74, 6) is -0.0377. The molecule has 152 valence electrons. The molecule has 2 heterocycles. The van der Waals surface area contributed by atoms with Crippen LogP contribution in [0.5, 0.6) is 5.88 Å². The average molecular weight is 402 g/mol. The summed E-state index contributed by atoms with van der Waals surface area (Å²) >= 11 is 1.37. The monoisotopic (exact) mass is 401 g/mol. The summed E-state index contributed by atoms with van der Waals surface area (Å²) in [5, 5.41) is 14.4. The number of hydrogen-bond acceptors (Lipinski definition) is 5. The van der Waals surface area contributed by atoms with Gasteiger partial charge in [0, 0.05) is 17.8 Å². The van der Waals surface area contributed by atoms with Gasteiger partial charge in [0.05, 0.1) is 11.3 Å². The molecule has 5 nitrogen and oxygen atoms in total. The predicted octanol–water partition coefficient (Wildman–Crippen LogP) is 5.00. The molecule has 6 heteroatoms. The number of amides is 1. The van der Waals surface area contributed by atoms with Crippen molar-refractivity contribution in [2.24, 2.45) is 5.41 Å². The molecular weight excluding hydrogens is 370 g/mol. The van der Waals surface area contributed by atoms with E-state index in [0.29, 0.717) is 10.0 Å². The van der Waals surface area contributed by atoms with Crippen LogP contribution in [0, 0.1) is 5.41 Å². The molecule has 3 rings (SSSR count). The van der Waals surface area contributed by atoms with Gasteiger partial charge < -0.3 is 15.3 Å². The third-order valence-corrected chi connectivity index (χ3v) is 5.78. The lowest BCUT2D eigenvalue weighted by Gasteiger charge is -2.33. The maximum atomic E-state index is 12.9. The van der Waals surface area contributed by atoms with E-state index >= 15 is 0 Å². The third-order valence-electron chi connectivity index (χ3n) is 4.82. The Bertz CT molecular complexity index is 852. The molecule has 0 bridgehead atoms. The Balaban J connectivity index is 1.72. The van der Waals surface area contributed by atoms with Crippen molar-refractivity contribution in [2.75, 3.05) is 16.8 Å². The highest BCUT2D eigenvalue weighted by molar-refractivity contribution is 7.16. The van der Waals surface area contributed by atoms with Crippen LogP contribution in [0.4, 0.5) is 10.8 Å². The molecule has 1 aromatic carbocycles. The van der Waals surface area contributed by atoms with E-state index in [-0.39, 0.29) is 29.2 Å². The van der Waals surface area contributed by atoms with Gasteiger partial charge in [0.25, 0.3) is 0 Å². The van der Waals surface area contributed by atoms with Crippen molar-refractivity contribution in [1.29, 1.82) is 0 Å². The maximum Gasteiger partial charge on any atom is 0.232 e. The molecular formula is C22H31N3O2S. The molecule has 0 atom stereocenters. The number of carbonyl (C=O) groups is 1. The summed E-state index contributed by atoms with van der Waals surface area (Å²) in [6, 6.07) is 8.06. The van der Waals surface area contributed by atoms with Gasteiger partial charge in [-0.05, 0) is 50.2 Å². The number of nitrogens with zero attached hydrogens (tertiary/aromatic N) is 2. The number of carbonyl (C=O) groups excluding carboxylic acids is 1. The number of anilines is 2. The Hall–Kier alpha value is -2.08. The summed E-state index contributed by atoms with van der Waals surface area (Å²) in [6.45, 7) is 11.6. The van der Waals surface area contributed by atoms with Crippen LogP contribution < -0.4 is 10.2 Å². The molecule has 28 heavy (non-hydrogen) atoms. The Kier molecular flexibility index (Phi) is 5.71. The molecule has 1 amide bonds. The first-order valence-corrected chi connectivity index (χ1v) is 10.7. The van der Waals surface area contributed by atoms with Gasteiger partial charge in [-0.1, -0.05) is 50.3 Å². The van der Waals surface area contributed by atoms with E-state index in [4.69, 9.17) is 0 Å². The van der Waals surface area contributed by atoms with Crippen LogP contribution in [0.15, 0.2) is 24.3 Å². The molecule has 1 aliphatic rings. The second-order valence-electron chi connectivity index (χ2n) is 9.47. The number of fused-ring (bicyclic) bond motifs is 1. The number of nitrogens with one attached hydrogen (secondary N) is 1. The van der Waals surface area contributed by atoms with Crippen molar-refractivity contribution < 1.29 is 9.90 Å². The van der Waals surface area contributed by atoms with E-state index in [1.807, 2.05) is 23.1 Å². The first kappa shape index (κ1) is 20.6. The summed E-state index contributed by atoms with van der Waals surface area (Å²) in [4.78, 5) is 19.7. The van der Waals surface area contributed by atoms with E-state index in [0.717, 1.165) is 31.5 Å². The minimum absolute atomic E-state index is 0.00611. The zero-order valence-electron chi connectivity index (χ0n) is 17.5. The van der Waals surface area contributed by atoms with Gasteiger partial charge in [-0.25, -0.2) is 0 Å². The van der Waals surface area contributed by atoms with Crippen LogP contribution in [-0.4, -0.2) is 28.1 Å². The molecule has 0 unspecified atom stereocenters. The number of para-hydroxylation sites is 1. The Labute approximate surface area is 171 Å². The van der Waals surface area contributed by atoms with Crippen LogP contribution in [0.3, 0.4) is 0 Å². The Morgan fingerprint density at radius 3 is 2.68 bits per heavy atom. The smallest absolute Gasteiger partial charge is 0.232 e. The lowest BCUT2D eigenvalue weighted by molar-refractivity contribution is -0.118. The number of hydrogen-bond donors (Lipinski definition) is 2. The lowest BCUT2D eigenvalue weighted by atomic mass is 9.82. The predicted molar refractivity (Wildman–Crippen MR) is 116 cm³/mol. The van der Waals surface area contributed by atoms with Gasteiger partial charge in [-0.3, -0.25) is 4.79 Å². The van der Waals surface area contributed by atoms with Crippen LogP contribution in [-0.2, 0) is 17.6 Å². The normalized spacial score (nSPS) is 14.7. The molecule has 2 aromatic rings. The molecule has 2 N–H and O–H groups in total. The van der Waals surface area contributed by atoms with Crippen molar-refractivity contribution >= 4 is 28.1 Å². The fourth-order valence-electron chi connectivity index (χ4n) is 4.20. The van der Waals surface area contributed by atoms with Crippen molar-refractivity contribution in [3.05, 3.63) is 34.7 Å². The topological polar surface area (TPSA) is 65.5 Å². The van der Waals surface area contributed by atoms with E-state index in [1.54, 1.807) is 0 Å². The SMILES string of the molecule is CC(C)(C)CC(C)(C)Nc1nc(O)c(CC(=O)N2CCCc3ccccc32)s1. The number of aromatic nitrogens is 1. The van der Waals surface area contributed by atoms with E-state index < -0.39 is 0 Å². The zero-order chi connectivity index (χ0) is 20.5. The van der Waals surface area contributed by atoms with Gasteiger partial charge in [-0.2, -0.15) is 4.98 Å². The van der Waals surface area contributed by atoms with Crippen molar-refractivity contribution in [3.63, 3.8) is 0 Å². The average Bonchev–Trinajstić information content (AvgIpc) is 2.90. The molecule has 0 aliphatic carbocycles. The number of aromatic hydroxyl groups is 1. The number of aryl methyl sites for hydroxylation is 1. The molecule has 0 radical (unpaired) electrons. The van der Waals surface area contributed by atoms with Gasteiger partial charge in [0.15, 0.2) is 5.13 Å². The first-order chi connectivity index (χ1) is 13.0. The fraction of sp³-hybridized carbons (Fsp3) is 0.545. The van der Waals surface area contributed by atoms with Crippen molar-refractivity contribution in [1.82, 2.24) is 4.98 Å². The highest BCUT2D eigenvalue weighted by atomic mass is 32.1. The second-order valence-corrected chi connectivity index (χ2v) is 10.6. The molecule has 0 fully saturated rings. The number of thiazole rings is 1. The van der Waals surface area contributed by atoms with Crippen LogP contribution >= 0.6 is 11.3 Å². The molecule has 0 saturated carbocycles. The number of benzene rings is 1. The molecule has 1 aliphatic heterocycles. The van der Waals surface area contributed by atoms with E-state index in [2.05, 4.69) is 51.0 Å². The van der Waals surface area contributed by atoms with Gasteiger partial charge in [0.2, 0.25) is 11.8 Å². The number of rotatable bonds is 5. The molecule has 0 saturated heterocycles. The summed E-state index contributed by atoms with van der Waals surface area (Å²) in [5.41, 5.74) is 2.22. The second kappa shape index (κ2) is 7.74. The van der Waals surface area contributed by atoms with Gasteiger partial charge >= 0.3 is 0 Å². The summed E-state index contributed by atoms with van der Waals surface area (Å²) < 4.78 is 0.